The smallest absolute Gasteiger partial charge is 0.128 e. The summed E-state index contributed by atoms with van der Waals surface area (Å²) in [6.45, 7) is 0.751. The molecule has 0 radical (unpaired) electrons. The Morgan fingerprint density at radius 2 is 2.29 bits per heavy atom. The van der Waals surface area contributed by atoms with Crippen LogP contribution in [-0.4, -0.2) is 19.2 Å². The van der Waals surface area contributed by atoms with Crippen molar-refractivity contribution in [2.45, 2.75) is 25.5 Å². The molecule has 90 valence electrons. The maximum Gasteiger partial charge on any atom is 0.128 e. The molecule has 3 rings (SSSR count). The number of aliphatic hydroxyl groups is 1. The van der Waals surface area contributed by atoms with Gasteiger partial charge in [-0.25, -0.2) is 4.98 Å². The highest BCUT2D eigenvalue weighted by Gasteiger charge is 2.31. The molecule has 0 saturated heterocycles. The van der Waals surface area contributed by atoms with E-state index in [4.69, 9.17) is 0 Å². The molecule has 0 spiro atoms. The lowest BCUT2D eigenvalue weighted by molar-refractivity contribution is 0.154. The van der Waals surface area contributed by atoms with Gasteiger partial charge in [0, 0.05) is 31.8 Å². The molecular formula is C13H17N3O. The molecule has 1 saturated carbocycles. The summed E-state index contributed by atoms with van der Waals surface area (Å²) in [6.07, 6.45) is 9.82. The Morgan fingerprint density at radius 3 is 2.94 bits per heavy atom. The van der Waals surface area contributed by atoms with Crippen molar-refractivity contribution in [1.29, 1.82) is 0 Å². The normalized spacial score (nSPS) is 17.3. The first-order valence-electron chi connectivity index (χ1n) is 6.04. The van der Waals surface area contributed by atoms with Crippen molar-refractivity contribution in [1.82, 2.24) is 14.1 Å². The minimum absolute atomic E-state index is 0.280. The van der Waals surface area contributed by atoms with Crippen molar-refractivity contribution in [3.63, 3.8) is 0 Å². The third kappa shape index (κ3) is 2.13. The van der Waals surface area contributed by atoms with E-state index in [1.807, 2.05) is 36.3 Å². The first-order valence-corrected chi connectivity index (χ1v) is 6.04. The summed E-state index contributed by atoms with van der Waals surface area (Å²) >= 11 is 0. The summed E-state index contributed by atoms with van der Waals surface area (Å²) in [6, 6.07) is 2.01. The molecule has 1 aliphatic rings. The maximum absolute atomic E-state index is 10.0. The molecule has 0 aliphatic heterocycles. The van der Waals surface area contributed by atoms with Gasteiger partial charge in [-0.1, -0.05) is 0 Å². The lowest BCUT2D eigenvalue weighted by Gasteiger charge is -2.06. The van der Waals surface area contributed by atoms with Crippen LogP contribution in [0.2, 0.25) is 0 Å². The van der Waals surface area contributed by atoms with Gasteiger partial charge >= 0.3 is 0 Å². The zero-order valence-corrected chi connectivity index (χ0v) is 9.95. The van der Waals surface area contributed by atoms with Crippen molar-refractivity contribution in [2.24, 2.45) is 13.0 Å². The van der Waals surface area contributed by atoms with E-state index in [-0.39, 0.29) is 6.10 Å². The van der Waals surface area contributed by atoms with Gasteiger partial charge in [-0.05, 0) is 30.4 Å². The molecule has 4 heteroatoms. The molecule has 1 aliphatic carbocycles. The largest absolute Gasteiger partial charge is 0.388 e. The highest BCUT2D eigenvalue weighted by atomic mass is 16.3. The number of nitrogens with zero attached hydrogens (tertiary/aromatic N) is 3. The number of rotatable bonds is 4. The Balaban J connectivity index is 1.74. The van der Waals surface area contributed by atoms with Crippen LogP contribution in [-0.2, 0) is 13.6 Å². The number of hydrogen-bond donors (Lipinski definition) is 1. The third-order valence-corrected chi connectivity index (χ3v) is 3.43. The van der Waals surface area contributed by atoms with Crippen LogP contribution >= 0.6 is 0 Å². The average molecular weight is 231 g/mol. The van der Waals surface area contributed by atoms with E-state index in [0.29, 0.717) is 5.92 Å². The Kier molecular flexibility index (Phi) is 2.52. The zero-order chi connectivity index (χ0) is 11.8. The van der Waals surface area contributed by atoms with Crippen molar-refractivity contribution in [3.8, 4) is 0 Å². The predicted octanol–water partition coefficient (Wildman–Crippen LogP) is 1.71. The van der Waals surface area contributed by atoms with Crippen LogP contribution in [0.1, 0.15) is 30.3 Å². The Bertz CT molecular complexity index is 510. The maximum atomic E-state index is 10.0. The third-order valence-electron chi connectivity index (χ3n) is 3.43. The molecule has 0 aromatic carbocycles. The van der Waals surface area contributed by atoms with Crippen LogP contribution in [0.25, 0.3) is 0 Å². The number of aliphatic hydroxyl groups excluding tert-OH is 1. The van der Waals surface area contributed by atoms with E-state index in [1.54, 1.807) is 6.20 Å². The fourth-order valence-electron chi connectivity index (χ4n) is 2.13. The number of imidazole rings is 1. The molecule has 1 atom stereocenters. The molecule has 1 fully saturated rings. The molecule has 1 unspecified atom stereocenters. The predicted molar refractivity (Wildman–Crippen MR) is 64.4 cm³/mol. The van der Waals surface area contributed by atoms with Crippen LogP contribution in [0.5, 0.6) is 0 Å². The average Bonchev–Trinajstić information content (AvgIpc) is 2.95. The number of aromatic nitrogens is 3. The second-order valence-electron chi connectivity index (χ2n) is 4.85. The Morgan fingerprint density at radius 1 is 1.47 bits per heavy atom. The lowest BCUT2D eigenvalue weighted by Crippen LogP contribution is -2.04. The van der Waals surface area contributed by atoms with E-state index in [2.05, 4.69) is 9.55 Å². The molecule has 0 bridgehead atoms. The molecule has 2 aromatic rings. The van der Waals surface area contributed by atoms with Gasteiger partial charge in [-0.2, -0.15) is 0 Å². The van der Waals surface area contributed by atoms with E-state index in [0.717, 1.165) is 30.8 Å². The minimum atomic E-state index is -0.280. The van der Waals surface area contributed by atoms with Gasteiger partial charge < -0.3 is 14.2 Å². The standard InChI is InChI=1S/C13H17N3O/c1-15-7-5-14-12(15)9-16-6-4-11(8-16)13(17)10-2-3-10/h4-8,10,13,17H,2-3,9H2,1H3. The van der Waals surface area contributed by atoms with Gasteiger partial charge in [0.15, 0.2) is 0 Å². The van der Waals surface area contributed by atoms with E-state index >= 15 is 0 Å². The van der Waals surface area contributed by atoms with Crippen LogP contribution in [0.3, 0.4) is 0 Å². The van der Waals surface area contributed by atoms with E-state index in [1.165, 1.54) is 0 Å². The molecule has 2 aromatic heterocycles. The molecule has 4 nitrogen and oxygen atoms in total. The summed E-state index contributed by atoms with van der Waals surface area (Å²) < 4.78 is 4.08. The molecular weight excluding hydrogens is 214 g/mol. The lowest BCUT2D eigenvalue weighted by atomic mass is 10.1. The van der Waals surface area contributed by atoms with Gasteiger partial charge in [0.2, 0.25) is 0 Å². The first-order chi connectivity index (χ1) is 8.24. The quantitative estimate of drug-likeness (QED) is 0.870. The molecule has 1 N–H and O–H groups in total. The van der Waals surface area contributed by atoms with Crippen molar-refractivity contribution in [2.75, 3.05) is 0 Å². The zero-order valence-electron chi connectivity index (χ0n) is 9.95. The fourth-order valence-corrected chi connectivity index (χ4v) is 2.13. The summed E-state index contributed by atoms with van der Waals surface area (Å²) in [4.78, 5) is 4.29. The number of hydrogen-bond acceptors (Lipinski definition) is 2. The van der Waals surface area contributed by atoms with E-state index in [9.17, 15) is 5.11 Å². The Labute approximate surface area is 101 Å². The topological polar surface area (TPSA) is 43.0 Å². The van der Waals surface area contributed by atoms with E-state index < -0.39 is 0 Å². The summed E-state index contributed by atoms with van der Waals surface area (Å²) in [7, 11) is 1.99. The minimum Gasteiger partial charge on any atom is -0.388 e. The Hall–Kier alpha value is -1.55. The first kappa shape index (κ1) is 10.6. The second kappa shape index (κ2) is 4.04. The molecule has 2 heterocycles. The van der Waals surface area contributed by atoms with Gasteiger partial charge in [0.25, 0.3) is 0 Å². The van der Waals surface area contributed by atoms with Gasteiger partial charge in [-0.15, -0.1) is 0 Å². The van der Waals surface area contributed by atoms with Gasteiger partial charge in [0.1, 0.15) is 5.82 Å². The van der Waals surface area contributed by atoms with Crippen LogP contribution < -0.4 is 0 Å². The molecule has 0 amide bonds. The molecule has 17 heavy (non-hydrogen) atoms. The highest BCUT2D eigenvalue weighted by Crippen LogP contribution is 2.40. The van der Waals surface area contributed by atoms with Crippen molar-refractivity contribution >= 4 is 0 Å². The van der Waals surface area contributed by atoms with Crippen molar-refractivity contribution < 1.29 is 5.11 Å². The SMILES string of the molecule is Cn1ccnc1Cn1ccc(C(O)C2CC2)c1. The van der Waals surface area contributed by atoms with Crippen molar-refractivity contribution in [3.05, 3.63) is 42.2 Å². The summed E-state index contributed by atoms with van der Waals surface area (Å²) in [5, 5.41) is 10.0. The second-order valence-corrected chi connectivity index (χ2v) is 4.85. The van der Waals surface area contributed by atoms with Crippen LogP contribution in [0.4, 0.5) is 0 Å². The monoisotopic (exact) mass is 231 g/mol. The highest BCUT2D eigenvalue weighted by molar-refractivity contribution is 5.16. The van der Waals surface area contributed by atoms with Gasteiger partial charge in [-0.3, -0.25) is 0 Å². The summed E-state index contributed by atoms with van der Waals surface area (Å²) in [5.74, 6) is 1.51. The fraction of sp³-hybridized carbons (Fsp3) is 0.462. The van der Waals surface area contributed by atoms with Gasteiger partial charge in [0.05, 0.1) is 12.6 Å². The summed E-state index contributed by atoms with van der Waals surface area (Å²) in [5.41, 5.74) is 1.03. The van der Waals surface area contributed by atoms with Crippen LogP contribution in [0.15, 0.2) is 30.9 Å². The van der Waals surface area contributed by atoms with Crippen LogP contribution in [0, 0.1) is 5.92 Å². The number of aryl methyl sites for hydroxylation is 1.